The second-order valence-electron chi connectivity index (χ2n) is 4.82. The van der Waals surface area contributed by atoms with Crippen molar-refractivity contribution >= 4 is 5.70 Å². The number of hydrogen-bond acceptors (Lipinski definition) is 4. The minimum atomic E-state index is -0.904. The van der Waals surface area contributed by atoms with E-state index in [1.165, 1.54) is 12.3 Å². The van der Waals surface area contributed by atoms with E-state index in [2.05, 4.69) is 21.9 Å². The largest absolute Gasteiger partial charge is 0.377 e. The van der Waals surface area contributed by atoms with Crippen LogP contribution < -0.4 is 5.32 Å². The van der Waals surface area contributed by atoms with Gasteiger partial charge in [0.15, 0.2) is 17.3 Å². The Hall–Kier alpha value is -2.81. The molecule has 0 aliphatic carbocycles. The van der Waals surface area contributed by atoms with Crippen LogP contribution in [0.15, 0.2) is 31.0 Å². The van der Waals surface area contributed by atoms with Gasteiger partial charge in [-0.1, -0.05) is 12.6 Å². The SMILES string of the molecule is C=C(NC(C)c1ccc(F)c(F)c1)c1nc(C#N)cnc1C. The minimum absolute atomic E-state index is 0.184. The van der Waals surface area contributed by atoms with E-state index in [0.717, 1.165) is 12.1 Å². The van der Waals surface area contributed by atoms with Crippen molar-refractivity contribution < 1.29 is 8.78 Å². The van der Waals surface area contributed by atoms with Crippen LogP contribution in [0.4, 0.5) is 8.78 Å². The summed E-state index contributed by atoms with van der Waals surface area (Å²) in [6, 6.07) is 5.30. The number of nitriles is 1. The first-order chi connectivity index (χ1) is 10.4. The van der Waals surface area contributed by atoms with Crippen LogP contribution in [0.5, 0.6) is 0 Å². The Kier molecular flexibility index (Phi) is 4.47. The molecule has 0 radical (unpaired) electrons. The molecule has 2 aromatic rings. The Balaban J connectivity index is 2.21. The van der Waals surface area contributed by atoms with E-state index < -0.39 is 11.6 Å². The quantitative estimate of drug-likeness (QED) is 0.941. The number of nitrogens with one attached hydrogen (secondary N) is 1. The van der Waals surface area contributed by atoms with Crippen LogP contribution in [0.25, 0.3) is 5.70 Å². The van der Waals surface area contributed by atoms with E-state index in [1.54, 1.807) is 13.8 Å². The van der Waals surface area contributed by atoms with Gasteiger partial charge in [0, 0.05) is 6.04 Å². The normalized spacial score (nSPS) is 11.6. The zero-order valence-electron chi connectivity index (χ0n) is 12.2. The van der Waals surface area contributed by atoms with Crippen molar-refractivity contribution in [2.45, 2.75) is 19.9 Å². The van der Waals surface area contributed by atoms with Gasteiger partial charge in [-0.2, -0.15) is 5.26 Å². The van der Waals surface area contributed by atoms with Crippen LogP contribution in [-0.4, -0.2) is 9.97 Å². The maximum Gasteiger partial charge on any atom is 0.159 e. The summed E-state index contributed by atoms with van der Waals surface area (Å²) in [5, 5.41) is 11.9. The van der Waals surface area contributed by atoms with Crippen LogP contribution >= 0.6 is 0 Å². The van der Waals surface area contributed by atoms with E-state index in [0.29, 0.717) is 22.6 Å². The maximum atomic E-state index is 13.3. The standard InChI is InChI=1S/C16H14F2N4/c1-9(12-4-5-14(17)15(18)6-12)21-11(3)16-10(2)20-8-13(7-19)22-16/h4-6,8-9,21H,3H2,1-2H3. The highest BCUT2D eigenvalue weighted by Gasteiger charge is 2.13. The number of aromatic nitrogens is 2. The molecule has 4 nitrogen and oxygen atoms in total. The molecule has 1 heterocycles. The van der Waals surface area contributed by atoms with Crippen molar-refractivity contribution in [2.75, 3.05) is 0 Å². The fourth-order valence-electron chi connectivity index (χ4n) is 1.98. The number of hydrogen-bond donors (Lipinski definition) is 1. The first-order valence-corrected chi connectivity index (χ1v) is 6.57. The van der Waals surface area contributed by atoms with Gasteiger partial charge in [-0.15, -0.1) is 0 Å². The summed E-state index contributed by atoms with van der Waals surface area (Å²) in [6.45, 7) is 7.41. The van der Waals surface area contributed by atoms with Gasteiger partial charge in [-0.05, 0) is 31.5 Å². The molecule has 6 heteroatoms. The van der Waals surface area contributed by atoms with Gasteiger partial charge in [0.25, 0.3) is 0 Å². The van der Waals surface area contributed by atoms with Crippen LogP contribution in [0, 0.1) is 29.9 Å². The monoisotopic (exact) mass is 300 g/mol. The fraction of sp³-hybridized carbons (Fsp3) is 0.188. The molecular formula is C16H14F2N4. The Morgan fingerprint density at radius 1 is 1.36 bits per heavy atom. The predicted octanol–water partition coefficient (Wildman–Crippen LogP) is 3.26. The van der Waals surface area contributed by atoms with Crippen LogP contribution in [0.1, 0.15) is 35.6 Å². The molecular weight excluding hydrogens is 286 g/mol. The number of halogens is 2. The van der Waals surface area contributed by atoms with E-state index >= 15 is 0 Å². The number of benzene rings is 1. The highest BCUT2D eigenvalue weighted by Crippen LogP contribution is 2.20. The average Bonchev–Trinajstić information content (AvgIpc) is 2.50. The van der Waals surface area contributed by atoms with Gasteiger partial charge in [0.2, 0.25) is 0 Å². The summed E-state index contributed by atoms with van der Waals surface area (Å²) in [6.07, 6.45) is 1.38. The molecule has 0 fully saturated rings. The lowest BCUT2D eigenvalue weighted by Gasteiger charge is -2.18. The first kappa shape index (κ1) is 15.6. The van der Waals surface area contributed by atoms with Crippen molar-refractivity contribution in [3.05, 3.63) is 65.3 Å². The third-order valence-electron chi connectivity index (χ3n) is 3.19. The minimum Gasteiger partial charge on any atom is -0.377 e. The maximum absolute atomic E-state index is 13.3. The highest BCUT2D eigenvalue weighted by atomic mass is 19.2. The van der Waals surface area contributed by atoms with Gasteiger partial charge in [0.1, 0.15) is 11.8 Å². The zero-order chi connectivity index (χ0) is 16.3. The molecule has 112 valence electrons. The first-order valence-electron chi connectivity index (χ1n) is 6.57. The second kappa shape index (κ2) is 6.31. The van der Waals surface area contributed by atoms with E-state index in [4.69, 9.17) is 5.26 Å². The number of rotatable bonds is 4. The summed E-state index contributed by atoms with van der Waals surface area (Å²) >= 11 is 0. The van der Waals surface area contributed by atoms with Crippen molar-refractivity contribution in [1.82, 2.24) is 15.3 Å². The molecule has 0 saturated heterocycles. The molecule has 1 unspecified atom stereocenters. The Morgan fingerprint density at radius 3 is 2.73 bits per heavy atom. The molecule has 0 amide bonds. The third-order valence-corrected chi connectivity index (χ3v) is 3.19. The summed E-state index contributed by atoms with van der Waals surface area (Å²) in [4.78, 5) is 8.23. The topological polar surface area (TPSA) is 61.6 Å². The lowest BCUT2D eigenvalue weighted by Crippen LogP contribution is -2.18. The number of nitrogens with zero attached hydrogens (tertiary/aromatic N) is 3. The Bertz CT molecular complexity index is 765. The van der Waals surface area contributed by atoms with Gasteiger partial charge in [-0.25, -0.2) is 13.8 Å². The van der Waals surface area contributed by atoms with Crippen molar-refractivity contribution in [2.24, 2.45) is 0 Å². The lowest BCUT2D eigenvalue weighted by molar-refractivity contribution is 0.504. The molecule has 2 rings (SSSR count). The summed E-state index contributed by atoms with van der Waals surface area (Å²) in [5.74, 6) is -1.79. The molecule has 0 aliphatic heterocycles. The van der Waals surface area contributed by atoms with E-state index in [-0.39, 0.29) is 11.7 Å². The summed E-state index contributed by atoms with van der Waals surface area (Å²) in [7, 11) is 0. The Labute approximate surface area is 127 Å². The van der Waals surface area contributed by atoms with Crippen LogP contribution in [-0.2, 0) is 0 Å². The predicted molar refractivity (Wildman–Crippen MR) is 78.4 cm³/mol. The Morgan fingerprint density at radius 2 is 2.09 bits per heavy atom. The molecule has 1 atom stereocenters. The van der Waals surface area contributed by atoms with Gasteiger partial charge >= 0.3 is 0 Å². The van der Waals surface area contributed by atoms with Crippen LogP contribution in [0.2, 0.25) is 0 Å². The van der Waals surface area contributed by atoms with Crippen molar-refractivity contribution in [3.8, 4) is 6.07 Å². The van der Waals surface area contributed by atoms with Crippen LogP contribution in [0.3, 0.4) is 0 Å². The molecule has 0 spiro atoms. The van der Waals surface area contributed by atoms with Gasteiger partial charge in [0.05, 0.1) is 17.6 Å². The van der Waals surface area contributed by atoms with Gasteiger partial charge in [-0.3, -0.25) is 4.98 Å². The molecule has 0 saturated carbocycles. The van der Waals surface area contributed by atoms with Crippen molar-refractivity contribution in [3.63, 3.8) is 0 Å². The highest BCUT2D eigenvalue weighted by molar-refractivity contribution is 5.60. The lowest BCUT2D eigenvalue weighted by atomic mass is 10.1. The summed E-state index contributed by atoms with van der Waals surface area (Å²) in [5.41, 5.74) is 2.30. The molecule has 0 aliphatic rings. The smallest absolute Gasteiger partial charge is 0.159 e. The van der Waals surface area contributed by atoms with E-state index in [9.17, 15) is 8.78 Å². The molecule has 22 heavy (non-hydrogen) atoms. The zero-order valence-corrected chi connectivity index (χ0v) is 12.2. The van der Waals surface area contributed by atoms with Gasteiger partial charge < -0.3 is 5.32 Å². The molecule has 1 aromatic carbocycles. The third kappa shape index (κ3) is 3.26. The number of aryl methyl sites for hydroxylation is 1. The molecule has 1 N–H and O–H groups in total. The van der Waals surface area contributed by atoms with Crippen molar-refractivity contribution in [1.29, 1.82) is 5.26 Å². The fourth-order valence-corrected chi connectivity index (χ4v) is 1.98. The molecule has 1 aromatic heterocycles. The molecule has 0 bridgehead atoms. The summed E-state index contributed by atoms with van der Waals surface area (Å²) < 4.78 is 26.2. The second-order valence-corrected chi connectivity index (χ2v) is 4.82. The average molecular weight is 300 g/mol. The van der Waals surface area contributed by atoms with E-state index in [1.807, 2.05) is 6.07 Å².